The zero-order valence-electron chi connectivity index (χ0n) is 17.6. The summed E-state index contributed by atoms with van der Waals surface area (Å²) in [6.07, 6.45) is 4.83. The van der Waals surface area contributed by atoms with Gasteiger partial charge in [-0.05, 0) is 62.2 Å². The highest BCUT2D eigenvalue weighted by molar-refractivity contribution is 5.81. The van der Waals surface area contributed by atoms with Crippen molar-refractivity contribution in [1.82, 2.24) is 24.8 Å². The lowest BCUT2D eigenvalue weighted by molar-refractivity contribution is 0.615. The van der Waals surface area contributed by atoms with Gasteiger partial charge >= 0.3 is 0 Å². The molecule has 158 valence electrons. The molecule has 7 nitrogen and oxygen atoms in total. The SMILES string of the molecule is CC(Nc1nccc(-n2cnc3cc(NCC4CCNC4)ccc32)n1)c1ccccc1. The molecule has 1 saturated heterocycles. The number of anilines is 2. The standard InChI is InChI=1S/C24H27N7/c1-17(19-5-3-2-4-6-19)29-24-26-12-10-23(30-24)31-16-28-21-13-20(7-8-22(21)31)27-15-18-9-11-25-14-18/h2-8,10,12-13,16-18,25,27H,9,11,14-15H2,1H3,(H,26,29,30). The Balaban J connectivity index is 1.33. The average molecular weight is 414 g/mol. The highest BCUT2D eigenvalue weighted by Crippen LogP contribution is 2.23. The summed E-state index contributed by atoms with van der Waals surface area (Å²) in [7, 11) is 0. The number of hydrogen-bond acceptors (Lipinski definition) is 6. The quantitative estimate of drug-likeness (QED) is 0.425. The molecule has 2 atom stereocenters. The topological polar surface area (TPSA) is 79.7 Å². The molecule has 0 bridgehead atoms. The van der Waals surface area contributed by atoms with Crippen LogP contribution < -0.4 is 16.0 Å². The minimum atomic E-state index is 0.111. The molecule has 0 amide bonds. The van der Waals surface area contributed by atoms with Crippen LogP contribution in [0.4, 0.5) is 11.6 Å². The Morgan fingerprint density at radius 1 is 1.13 bits per heavy atom. The van der Waals surface area contributed by atoms with Crippen molar-refractivity contribution in [2.75, 3.05) is 30.3 Å². The van der Waals surface area contributed by atoms with Gasteiger partial charge in [0.05, 0.1) is 17.1 Å². The maximum Gasteiger partial charge on any atom is 0.225 e. The van der Waals surface area contributed by atoms with E-state index in [1.807, 2.05) is 35.2 Å². The fraction of sp³-hybridized carbons (Fsp3) is 0.292. The number of benzene rings is 2. The van der Waals surface area contributed by atoms with Crippen molar-refractivity contribution >= 4 is 22.7 Å². The zero-order valence-corrected chi connectivity index (χ0v) is 17.6. The molecule has 0 saturated carbocycles. The van der Waals surface area contributed by atoms with E-state index in [2.05, 4.69) is 63.2 Å². The molecule has 31 heavy (non-hydrogen) atoms. The summed E-state index contributed by atoms with van der Waals surface area (Å²) in [6.45, 7) is 5.31. The highest BCUT2D eigenvalue weighted by Gasteiger charge is 2.14. The van der Waals surface area contributed by atoms with E-state index in [0.29, 0.717) is 11.9 Å². The van der Waals surface area contributed by atoms with Crippen LogP contribution in [0.15, 0.2) is 67.1 Å². The molecule has 2 aromatic carbocycles. The van der Waals surface area contributed by atoms with Gasteiger partial charge in [-0.2, -0.15) is 4.98 Å². The lowest BCUT2D eigenvalue weighted by Crippen LogP contribution is -2.17. The fourth-order valence-electron chi connectivity index (χ4n) is 4.03. The summed E-state index contributed by atoms with van der Waals surface area (Å²) in [5.41, 5.74) is 4.26. The van der Waals surface area contributed by atoms with Gasteiger partial charge in [0.2, 0.25) is 5.95 Å². The Labute approximate surface area is 182 Å². The molecular weight excluding hydrogens is 386 g/mol. The van der Waals surface area contributed by atoms with E-state index in [4.69, 9.17) is 4.98 Å². The maximum atomic E-state index is 4.72. The zero-order chi connectivity index (χ0) is 21.0. The summed E-state index contributed by atoms with van der Waals surface area (Å²) >= 11 is 0. The van der Waals surface area contributed by atoms with Crippen LogP contribution in [0, 0.1) is 5.92 Å². The summed E-state index contributed by atoms with van der Waals surface area (Å²) < 4.78 is 2.00. The number of nitrogens with one attached hydrogen (secondary N) is 3. The van der Waals surface area contributed by atoms with E-state index >= 15 is 0 Å². The number of imidazole rings is 1. The first kappa shape index (κ1) is 19.5. The van der Waals surface area contributed by atoms with Crippen molar-refractivity contribution in [2.45, 2.75) is 19.4 Å². The van der Waals surface area contributed by atoms with E-state index in [1.165, 1.54) is 12.0 Å². The number of hydrogen-bond donors (Lipinski definition) is 3. The van der Waals surface area contributed by atoms with Gasteiger partial charge in [0.25, 0.3) is 0 Å². The van der Waals surface area contributed by atoms with Crippen LogP contribution in [0.3, 0.4) is 0 Å². The molecule has 0 spiro atoms. The van der Waals surface area contributed by atoms with Crippen LogP contribution >= 0.6 is 0 Å². The Morgan fingerprint density at radius 3 is 2.87 bits per heavy atom. The average Bonchev–Trinajstić information content (AvgIpc) is 3.48. The second kappa shape index (κ2) is 8.73. The largest absolute Gasteiger partial charge is 0.385 e. The van der Waals surface area contributed by atoms with E-state index < -0.39 is 0 Å². The van der Waals surface area contributed by atoms with Gasteiger partial charge in [0.15, 0.2) is 0 Å². The van der Waals surface area contributed by atoms with E-state index in [0.717, 1.165) is 42.2 Å². The number of aromatic nitrogens is 4. The van der Waals surface area contributed by atoms with E-state index in [-0.39, 0.29) is 6.04 Å². The minimum Gasteiger partial charge on any atom is -0.385 e. The summed E-state index contributed by atoms with van der Waals surface area (Å²) in [4.78, 5) is 13.7. The Kier molecular flexibility index (Phi) is 5.50. The van der Waals surface area contributed by atoms with Gasteiger partial charge in [-0.3, -0.25) is 4.57 Å². The molecule has 1 aliphatic heterocycles. The number of fused-ring (bicyclic) bond motifs is 1. The molecule has 7 heteroatoms. The van der Waals surface area contributed by atoms with Crippen molar-refractivity contribution in [1.29, 1.82) is 0 Å². The van der Waals surface area contributed by atoms with Gasteiger partial charge in [0, 0.05) is 18.4 Å². The van der Waals surface area contributed by atoms with Crippen LogP contribution in [0.2, 0.25) is 0 Å². The molecule has 5 rings (SSSR count). The molecule has 3 N–H and O–H groups in total. The van der Waals surface area contributed by atoms with Crippen LogP contribution in [0.5, 0.6) is 0 Å². The van der Waals surface area contributed by atoms with Gasteiger partial charge < -0.3 is 16.0 Å². The normalized spacial score (nSPS) is 17.0. The predicted octanol–water partition coefficient (Wildman–Crippen LogP) is 4.01. The molecule has 2 unspecified atom stereocenters. The number of rotatable bonds is 7. The van der Waals surface area contributed by atoms with Crippen molar-refractivity contribution in [3.05, 3.63) is 72.7 Å². The first-order chi connectivity index (χ1) is 15.3. The van der Waals surface area contributed by atoms with Gasteiger partial charge in [-0.1, -0.05) is 30.3 Å². The van der Waals surface area contributed by atoms with Crippen LogP contribution in [-0.2, 0) is 0 Å². The van der Waals surface area contributed by atoms with Crippen molar-refractivity contribution in [2.24, 2.45) is 5.92 Å². The summed E-state index contributed by atoms with van der Waals surface area (Å²) in [5.74, 6) is 2.08. The second-order valence-corrected chi connectivity index (χ2v) is 8.07. The molecule has 1 fully saturated rings. The Morgan fingerprint density at radius 2 is 2.03 bits per heavy atom. The van der Waals surface area contributed by atoms with Crippen LogP contribution in [0.1, 0.15) is 24.9 Å². The minimum absolute atomic E-state index is 0.111. The summed E-state index contributed by atoms with van der Waals surface area (Å²) in [6, 6.07) is 18.6. The van der Waals surface area contributed by atoms with Gasteiger partial charge in [-0.25, -0.2) is 9.97 Å². The lowest BCUT2D eigenvalue weighted by atomic mass is 10.1. The van der Waals surface area contributed by atoms with Crippen molar-refractivity contribution in [3.63, 3.8) is 0 Å². The van der Waals surface area contributed by atoms with Gasteiger partial charge in [0.1, 0.15) is 12.1 Å². The third-order valence-corrected chi connectivity index (χ3v) is 5.84. The first-order valence-electron chi connectivity index (χ1n) is 10.8. The maximum absolute atomic E-state index is 4.72. The smallest absolute Gasteiger partial charge is 0.225 e. The monoisotopic (exact) mass is 413 g/mol. The van der Waals surface area contributed by atoms with Crippen LogP contribution in [-0.4, -0.2) is 39.2 Å². The molecule has 2 aromatic heterocycles. The Bertz CT molecular complexity index is 1150. The van der Waals surface area contributed by atoms with Crippen molar-refractivity contribution < 1.29 is 0 Å². The fourth-order valence-corrected chi connectivity index (χ4v) is 4.03. The summed E-state index contributed by atoms with van der Waals surface area (Å²) in [5, 5.41) is 10.4. The first-order valence-corrected chi connectivity index (χ1v) is 10.8. The van der Waals surface area contributed by atoms with E-state index in [9.17, 15) is 0 Å². The van der Waals surface area contributed by atoms with Gasteiger partial charge in [-0.15, -0.1) is 0 Å². The van der Waals surface area contributed by atoms with E-state index in [1.54, 1.807) is 6.20 Å². The third kappa shape index (κ3) is 4.36. The second-order valence-electron chi connectivity index (χ2n) is 8.07. The third-order valence-electron chi connectivity index (χ3n) is 5.84. The van der Waals surface area contributed by atoms with Crippen LogP contribution in [0.25, 0.3) is 16.9 Å². The molecule has 1 aliphatic rings. The van der Waals surface area contributed by atoms with Crippen molar-refractivity contribution in [3.8, 4) is 5.82 Å². The number of nitrogens with zero attached hydrogens (tertiary/aromatic N) is 4. The molecular formula is C24H27N7. The molecule has 3 heterocycles. The molecule has 4 aromatic rings. The predicted molar refractivity (Wildman–Crippen MR) is 125 cm³/mol. The lowest BCUT2D eigenvalue weighted by Gasteiger charge is -2.15. The highest BCUT2D eigenvalue weighted by atomic mass is 15.2. The molecule has 0 radical (unpaired) electrons. The molecule has 0 aliphatic carbocycles. The Hall–Kier alpha value is -3.45.